The Labute approximate surface area is 91.1 Å². The predicted molar refractivity (Wildman–Crippen MR) is 63.5 cm³/mol. The first kappa shape index (κ1) is 7.99. The highest BCUT2D eigenvalue weighted by Gasteiger charge is 2.04. The Morgan fingerprint density at radius 2 is 1.25 bits per heavy atom. The molecule has 0 fully saturated rings. The van der Waals surface area contributed by atoms with E-state index in [9.17, 15) is 0 Å². The summed E-state index contributed by atoms with van der Waals surface area (Å²) in [7, 11) is 0. The van der Waals surface area contributed by atoms with Gasteiger partial charge in [-0.2, -0.15) is 0 Å². The monoisotopic (exact) mass is 208 g/mol. The SMILES string of the molecule is c1occ2cc3c(ccc4cocc43)cc12. The minimum absolute atomic E-state index is 1.13. The summed E-state index contributed by atoms with van der Waals surface area (Å²) in [6.45, 7) is 0. The Bertz CT molecular complexity index is 804. The first-order valence-corrected chi connectivity index (χ1v) is 5.16. The van der Waals surface area contributed by atoms with E-state index in [4.69, 9.17) is 8.83 Å². The van der Waals surface area contributed by atoms with Gasteiger partial charge in [-0.1, -0.05) is 12.1 Å². The van der Waals surface area contributed by atoms with E-state index in [0.717, 1.165) is 21.5 Å². The second-order valence-corrected chi connectivity index (χ2v) is 4.01. The molecule has 0 aliphatic carbocycles. The van der Waals surface area contributed by atoms with Crippen LogP contribution in [0.4, 0.5) is 0 Å². The second-order valence-electron chi connectivity index (χ2n) is 4.01. The van der Waals surface area contributed by atoms with Crippen LogP contribution in [-0.2, 0) is 0 Å². The van der Waals surface area contributed by atoms with Crippen molar-refractivity contribution in [2.24, 2.45) is 0 Å². The van der Waals surface area contributed by atoms with E-state index in [2.05, 4.69) is 24.3 Å². The van der Waals surface area contributed by atoms with Gasteiger partial charge in [-0.3, -0.25) is 0 Å². The minimum atomic E-state index is 1.13. The van der Waals surface area contributed by atoms with E-state index < -0.39 is 0 Å². The summed E-state index contributed by atoms with van der Waals surface area (Å²) in [5.41, 5.74) is 0. The Morgan fingerprint density at radius 1 is 0.562 bits per heavy atom. The Morgan fingerprint density at radius 3 is 2.19 bits per heavy atom. The van der Waals surface area contributed by atoms with Crippen molar-refractivity contribution in [2.45, 2.75) is 0 Å². The quantitative estimate of drug-likeness (QED) is 0.430. The average Bonchev–Trinajstić information content (AvgIpc) is 2.94. The summed E-state index contributed by atoms with van der Waals surface area (Å²) < 4.78 is 10.4. The minimum Gasteiger partial charge on any atom is -0.471 e. The molecule has 0 aliphatic rings. The van der Waals surface area contributed by atoms with Gasteiger partial charge in [0, 0.05) is 21.5 Å². The van der Waals surface area contributed by atoms with Gasteiger partial charge in [-0.05, 0) is 22.9 Å². The number of fused-ring (bicyclic) bond motifs is 4. The standard InChI is InChI=1S/C14H8O2/c1-2-10-5-16-8-14(10)13-4-12-7-15-6-11(12)3-9(1)13/h1-8H. The van der Waals surface area contributed by atoms with E-state index in [1.165, 1.54) is 10.8 Å². The van der Waals surface area contributed by atoms with Crippen LogP contribution in [-0.4, -0.2) is 0 Å². The lowest BCUT2D eigenvalue weighted by Crippen LogP contribution is -1.73. The summed E-state index contributed by atoms with van der Waals surface area (Å²) in [5.74, 6) is 0. The molecule has 76 valence electrons. The normalized spacial score (nSPS) is 11.8. The summed E-state index contributed by atoms with van der Waals surface area (Å²) >= 11 is 0. The molecule has 0 aliphatic heterocycles. The maximum absolute atomic E-state index is 5.24. The number of furan rings is 2. The highest BCUT2D eigenvalue weighted by atomic mass is 16.3. The molecule has 4 rings (SSSR count). The summed E-state index contributed by atoms with van der Waals surface area (Å²) in [5, 5.41) is 6.97. The third-order valence-electron chi connectivity index (χ3n) is 3.07. The molecule has 2 heteroatoms. The molecule has 16 heavy (non-hydrogen) atoms. The van der Waals surface area contributed by atoms with Crippen molar-refractivity contribution in [1.29, 1.82) is 0 Å². The molecule has 0 N–H and O–H groups in total. The summed E-state index contributed by atoms with van der Waals surface area (Å²) in [6.07, 6.45) is 7.11. The lowest BCUT2D eigenvalue weighted by Gasteiger charge is -1.99. The fourth-order valence-electron chi connectivity index (χ4n) is 2.24. The lowest BCUT2D eigenvalue weighted by molar-refractivity contribution is 0.572. The van der Waals surface area contributed by atoms with Crippen molar-refractivity contribution < 1.29 is 8.83 Å². The van der Waals surface area contributed by atoms with Crippen molar-refractivity contribution in [1.82, 2.24) is 0 Å². The molecule has 2 nitrogen and oxygen atoms in total. The summed E-state index contributed by atoms with van der Waals surface area (Å²) in [6, 6.07) is 8.47. The molecule has 0 saturated carbocycles. The van der Waals surface area contributed by atoms with Crippen LogP contribution in [0.5, 0.6) is 0 Å². The molecule has 0 atom stereocenters. The van der Waals surface area contributed by atoms with Crippen LogP contribution in [0.15, 0.2) is 58.2 Å². The zero-order chi connectivity index (χ0) is 10.5. The van der Waals surface area contributed by atoms with Gasteiger partial charge >= 0.3 is 0 Å². The summed E-state index contributed by atoms with van der Waals surface area (Å²) in [4.78, 5) is 0. The van der Waals surface area contributed by atoms with Crippen molar-refractivity contribution in [3.8, 4) is 0 Å². The molecule has 2 aromatic heterocycles. The fourth-order valence-corrected chi connectivity index (χ4v) is 2.24. The van der Waals surface area contributed by atoms with Gasteiger partial charge in [0.25, 0.3) is 0 Å². The number of rotatable bonds is 0. The smallest absolute Gasteiger partial charge is 0.0987 e. The van der Waals surface area contributed by atoms with Gasteiger partial charge in [-0.25, -0.2) is 0 Å². The molecule has 0 amide bonds. The van der Waals surface area contributed by atoms with Crippen LogP contribution in [0.1, 0.15) is 0 Å². The molecule has 0 bridgehead atoms. The van der Waals surface area contributed by atoms with Gasteiger partial charge in [0.2, 0.25) is 0 Å². The van der Waals surface area contributed by atoms with Crippen LogP contribution >= 0.6 is 0 Å². The van der Waals surface area contributed by atoms with Gasteiger partial charge in [0.05, 0.1) is 25.1 Å². The van der Waals surface area contributed by atoms with Crippen molar-refractivity contribution in [3.63, 3.8) is 0 Å². The zero-order valence-corrected chi connectivity index (χ0v) is 8.44. The highest BCUT2D eigenvalue weighted by Crippen LogP contribution is 2.30. The van der Waals surface area contributed by atoms with Crippen LogP contribution in [0.2, 0.25) is 0 Å². The van der Waals surface area contributed by atoms with Crippen molar-refractivity contribution >= 4 is 32.3 Å². The molecule has 2 aromatic carbocycles. The number of hydrogen-bond donors (Lipinski definition) is 0. The maximum atomic E-state index is 5.24. The van der Waals surface area contributed by atoms with E-state index in [1.807, 2.05) is 0 Å². The third kappa shape index (κ3) is 0.910. The van der Waals surface area contributed by atoms with E-state index in [1.54, 1.807) is 25.1 Å². The fraction of sp³-hybridized carbons (Fsp3) is 0. The lowest BCUT2D eigenvalue weighted by atomic mass is 10.0. The first-order chi connectivity index (χ1) is 7.92. The molecular formula is C14H8O2. The molecule has 0 unspecified atom stereocenters. The van der Waals surface area contributed by atoms with Gasteiger partial charge < -0.3 is 8.83 Å². The average molecular weight is 208 g/mol. The number of benzene rings is 2. The zero-order valence-electron chi connectivity index (χ0n) is 8.44. The Kier molecular flexibility index (Phi) is 1.33. The molecule has 0 saturated heterocycles. The van der Waals surface area contributed by atoms with E-state index in [0.29, 0.717) is 0 Å². The third-order valence-corrected chi connectivity index (χ3v) is 3.07. The van der Waals surface area contributed by atoms with Crippen LogP contribution in [0.25, 0.3) is 32.3 Å². The van der Waals surface area contributed by atoms with Crippen LogP contribution in [0, 0.1) is 0 Å². The van der Waals surface area contributed by atoms with Gasteiger partial charge in [0.1, 0.15) is 0 Å². The Hall–Kier alpha value is -2.22. The first-order valence-electron chi connectivity index (χ1n) is 5.16. The predicted octanol–water partition coefficient (Wildman–Crippen LogP) is 4.33. The highest BCUT2D eigenvalue weighted by molar-refractivity contribution is 6.11. The molecule has 4 aromatic rings. The van der Waals surface area contributed by atoms with Crippen molar-refractivity contribution in [2.75, 3.05) is 0 Å². The Balaban J connectivity index is 2.33. The van der Waals surface area contributed by atoms with Gasteiger partial charge in [-0.15, -0.1) is 0 Å². The molecule has 2 heterocycles. The topological polar surface area (TPSA) is 26.3 Å². The molecule has 0 spiro atoms. The van der Waals surface area contributed by atoms with Crippen LogP contribution in [0.3, 0.4) is 0 Å². The molecule has 0 radical (unpaired) electrons. The van der Waals surface area contributed by atoms with Gasteiger partial charge in [0.15, 0.2) is 0 Å². The number of hydrogen-bond acceptors (Lipinski definition) is 2. The second kappa shape index (κ2) is 2.67. The largest absolute Gasteiger partial charge is 0.471 e. The van der Waals surface area contributed by atoms with E-state index in [-0.39, 0.29) is 0 Å². The van der Waals surface area contributed by atoms with E-state index >= 15 is 0 Å². The molecular weight excluding hydrogens is 200 g/mol. The van der Waals surface area contributed by atoms with Crippen LogP contribution < -0.4 is 0 Å². The van der Waals surface area contributed by atoms with Crippen molar-refractivity contribution in [3.05, 3.63) is 49.3 Å². The maximum Gasteiger partial charge on any atom is 0.0987 e.